The van der Waals surface area contributed by atoms with Crippen LogP contribution in [-0.2, 0) is 4.74 Å². The van der Waals surface area contributed by atoms with Gasteiger partial charge in [-0.15, -0.1) is 12.6 Å². The minimum Gasteiger partial charge on any atom is -0.435 e. The van der Waals surface area contributed by atoms with Gasteiger partial charge in [-0.3, -0.25) is 9.18 Å². The van der Waals surface area contributed by atoms with Crippen molar-refractivity contribution >= 4 is 35.9 Å². The Morgan fingerprint density at radius 1 is 1.24 bits per heavy atom. The van der Waals surface area contributed by atoms with Gasteiger partial charge in [0, 0.05) is 31.4 Å². The molecule has 0 bridgehead atoms. The van der Waals surface area contributed by atoms with Crippen molar-refractivity contribution in [3.8, 4) is 5.75 Å². The van der Waals surface area contributed by atoms with Crippen molar-refractivity contribution in [2.24, 2.45) is 10.7 Å². The molecule has 1 aliphatic rings. The van der Waals surface area contributed by atoms with Gasteiger partial charge in [0.25, 0.3) is 5.91 Å². The highest BCUT2D eigenvalue weighted by molar-refractivity contribution is 7.83. The lowest BCUT2D eigenvalue weighted by Gasteiger charge is -2.28. The van der Waals surface area contributed by atoms with Crippen LogP contribution in [0.5, 0.6) is 5.75 Å². The summed E-state index contributed by atoms with van der Waals surface area (Å²) in [4.78, 5) is 25.6. The smallest absolute Gasteiger partial charge is 0.387 e. The predicted molar refractivity (Wildman–Crippen MR) is 142 cm³/mol. The first kappa shape index (κ1) is 30.1. The molecule has 0 aliphatic carbocycles. The van der Waals surface area contributed by atoms with Crippen molar-refractivity contribution in [1.29, 1.82) is 0 Å². The number of amidine groups is 1. The number of rotatable bonds is 9. The third kappa shape index (κ3) is 9.06. The van der Waals surface area contributed by atoms with E-state index in [-0.39, 0.29) is 5.75 Å². The number of ether oxygens (including phenoxy) is 2. The average Bonchev–Trinajstić information content (AvgIpc) is 2.93. The number of halogens is 3. The molecule has 37 heavy (non-hydrogen) atoms. The minimum absolute atomic E-state index is 0.0464. The van der Waals surface area contributed by atoms with E-state index in [0.717, 1.165) is 0 Å². The van der Waals surface area contributed by atoms with E-state index in [1.807, 2.05) is 4.90 Å². The second kappa shape index (κ2) is 15.9. The summed E-state index contributed by atoms with van der Waals surface area (Å²) in [6, 6.07) is 9.53. The molecule has 3 rings (SSSR count). The monoisotopic (exact) mass is 539 g/mol. The van der Waals surface area contributed by atoms with Crippen molar-refractivity contribution in [3.63, 3.8) is 0 Å². The lowest BCUT2D eigenvalue weighted by atomic mass is 10.1. The molecule has 1 aromatic heterocycles. The second-order valence-corrected chi connectivity index (χ2v) is 7.94. The third-order valence-corrected chi connectivity index (χ3v) is 5.60. The van der Waals surface area contributed by atoms with Crippen LogP contribution in [-0.4, -0.2) is 74.8 Å². The summed E-state index contributed by atoms with van der Waals surface area (Å²) >= 11 is 4.35. The zero-order chi connectivity index (χ0) is 27.2. The highest BCUT2D eigenvalue weighted by atomic mass is 32.1. The van der Waals surface area contributed by atoms with Crippen molar-refractivity contribution in [3.05, 3.63) is 59.1 Å². The van der Waals surface area contributed by atoms with Crippen LogP contribution in [0.2, 0.25) is 0 Å². The fourth-order valence-electron chi connectivity index (χ4n) is 3.60. The summed E-state index contributed by atoms with van der Waals surface area (Å²) in [6.07, 6.45) is 2.23. The number of aromatic nitrogens is 1. The molecule has 1 amide bonds. The fourth-order valence-corrected chi connectivity index (χ4v) is 3.89. The third-order valence-electron chi connectivity index (χ3n) is 5.36. The molecular weight excluding hydrogens is 507 g/mol. The van der Waals surface area contributed by atoms with Gasteiger partial charge in [-0.1, -0.05) is 0 Å². The van der Waals surface area contributed by atoms with Crippen LogP contribution in [0, 0.1) is 0 Å². The van der Waals surface area contributed by atoms with Gasteiger partial charge < -0.3 is 25.0 Å². The van der Waals surface area contributed by atoms with Gasteiger partial charge in [0.2, 0.25) is 0 Å². The number of hydrogen-bond acceptors (Lipinski definition) is 7. The van der Waals surface area contributed by atoms with Crippen LogP contribution < -0.4 is 15.4 Å². The van der Waals surface area contributed by atoms with Gasteiger partial charge in [-0.05, 0) is 67.3 Å². The van der Waals surface area contributed by atoms with E-state index in [1.165, 1.54) is 12.1 Å². The van der Waals surface area contributed by atoms with Gasteiger partial charge in [0.15, 0.2) is 0 Å². The number of morpholine rings is 1. The van der Waals surface area contributed by atoms with Crippen molar-refractivity contribution < 1.29 is 27.4 Å². The highest BCUT2D eigenvalue weighted by Gasteiger charge is 2.18. The number of pyridine rings is 1. The minimum atomic E-state index is -2.90. The summed E-state index contributed by atoms with van der Waals surface area (Å²) in [5.74, 6) is 0.789. The molecule has 12 heteroatoms. The van der Waals surface area contributed by atoms with E-state index >= 15 is 0 Å². The number of alkyl halides is 3. The van der Waals surface area contributed by atoms with Gasteiger partial charge >= 0.3 is 6.61 Å². The number of hydrogen-bond donors (Lipinski definition) is 2. The number of carbonyl (C=O) groups is 1. The molecule has 0 unspecified atom stereocenters. The first-order chi connectivity index (χ1) is 17.9. The standard InChI is InChI=1S/C24H29F2N5O3S.CH3F/c1-17(29-23(32)19-7-9-28-22(15-19)30-11-13-33-14-12-30)31(10-2-8-27)21(16-35)18-3-5-20(6-4-18)34-24(25)26;1-2/h3-7,9,15-16,24,35H,2,8,10-14,27H2,1H3;1H3/b21-16-,29-17?;. The maximum atomic E-state index is 13.0. The topological polar surface area (TPSA) is 93.3 Å². The number of nitrogens with two attached hydrogens (primary N) is 1. The molecular formula is C25H32F3N5O3S. The molecule has 0 spiro atoms. The number of amides is 1. The molecule has 0 radical (unpaired) electrons. The largest absolute Gasteiger partial charge is 0.435 e. The van der Waals surface area contributed by atoms with E-state index in [1.54, 1.807) is 42.8 Å². The Bertz CT molecular complexity index is 1050. The molecule has 1 aromatic carbocycles. The molecule has 2 N–H and O–H groups in total. The number of carbonyl (C=O) groups excluding carboxylic acids is 1. The second-order valence-electron chi connectivity index (χ2n) is 7.68. The van der Waals surface area contributed by atoms with E-state index in [9.17, 15) is 18.0 Å². The number of thiol groups is 1. The Hall–Kier alpha value is -3.09. The SMILES string of the molecule is CC(=NC(=O)c1ccnc(N2CCOCC2)c1)N(CCCN)/C(=C\S)c1ccc(OC(F)F)cc1.CF. The fraction of sp³-hybridized carbons (Fsp3) is 0.400. The van der Waals surface area contributed by atoms with E-state index in [2.05, 4.69) is 32.2 Å². The Balaban J connectivity index is 0.00000235. The molecule has 8 nitrogen and oxygen atoms in total. The van der Waals surface area contributed by atoms with E-state index in [4.69, 9.17) is 10.5 Å². The number of aliphatic imine (C=N–C) groups is 1. The normalized spacial score (nSPS) is 14.2. The maximum Gasteiger partial charge on any atom is 0.387 e. The van der Waals surface area contributed by atoms with Crippen molar-refractivity contribution in [2.45, 2.75) is 20.0 Å². The summed E-state index contributed by atoms with van der Waals surface area (Å²) in [5.41, 5.74) is 7.48. The van der Waals surface area contributed by atoms with Crippen LogP contribution in [0.1, 0.15) is 29.3 Å². The number of anilines is 1. The summed E-state index contributed by atoms with van der Waals surface area (Å²) < 4.78 is 44.3. The Kier molecular flexibility index (Phi) is 12.9. The summed E-state index contributed by atoms with van der Waals surface area (Å²) in [7, 11) is 0.500. The predicted octanol–water partition coefficient (Wildman–Crippen LogP) is 4.24. The van der Waals surface area contributed by atoms with E-state index in [0.29, 0.717) is 81.5 Å². The molecule has 202 valence electrons. The lowest BCUT2D eigenvalue weighted by molar-refractivity contribution is -0.0498. The molecule has 2 aromatic rings. The Labute approximate surface area is 220 Å². The number of benzene rings is 1. The summed E-state index contributed by atoms with van der Waals surface area (Å²) in [5, 5.41) is 1.58. The van der Waals surface area contributed by atoms with Crippen LogP contribution in [0.4, 0.5) is 19.0 Å². The number of nitrogens with zero attached hydrogens (tertiary/aromatic N) is 4. The zero-order valence-corrected chi connectivity index (χ0v) is 21.7. The zero-order valence-electron chi connectivity index (χ0n) is 20.8. The van der Waals surface area contributed by atoms with Crippen LogP contribution in [0.15, 0.2) is 53.0 Å². The molecule has 1 aliphatic heterocycles. The summed E-state index contributed by atoms with van der Waals surface area (Å²) in [6.45, 7) is 2.38. The molecule has 0 saturated carbocycles. The van der Waals surface area contributed by atoms with Crippen LogP contribution in [0.25, 0.3) is 5.70 Å². The molecule has 1 saturated heterocycles. The first-order valence-corrected chi connectivity index (χ1v) is 12.1. The van der Waals surface area contributed by atoms with Gasteiger partial charge in [0.05, 0.1) is 26.1 Å². The van der Waals surface area contributed by atoms with Crippen LogP contribution in [0.3, 0.4) is 0 Å². The quantitative estimate of drug-likeness (QED) is 0.280. The highest BCUT2D eigenvalue weighted by Crippen LogP contribution is 2.25. The van der Waals surface area contributed by atoms with Gasteiger partial charge in [0.1, 0.15) is 17.4 Å². The van der Waals surface area contributed by atoms with E-state index < -0.39 is 12.5 Å². The molecule has 2 heterocycles. The van der Waals surface area contributed by atoms with Crippen molar-refractivity contribution in [1.82, 2.24) is 9.88 Å². The Morgan fingerprint density at radius 3 is 2.51 bits per heavy atom. The molecule has 0 atom stereocenters. The van der Waals surface area contributed by atoms with Crippen molar-refractivity contribution in [2.75, 3.05) is 51.5 Å². The average molecular weight is 540 g/mol. The van der Waals surface area contributed by atoms with Crippen LogP contribution >= 0.6 is 12.6 Å². The maximum absolute atomic E-state index is 13.0. The van der Waals surface area contributed by atoms with Gasteiger partial charge in [-0.2, -0.15) is 13.8 Å². The Morgan fingerprint density at radius 2 is 1.92 bits per heavy atom. The van der Waals surface area contributed by atoms with Gasteiger partial charge in [-0.25, -0.2) is 4.98 Å². The molecule has 1 fully saturated rings. The first-order valence-electron chi connectivity index (χ1n) is 11.6. The lowest BCUT2D eigenvalue weighted by Crippen LogP contribution is -2.36.